The Morgan fingerprint density at radius 1 is 1.46 bits per heavy atom. The summed E-state index contributed by atoms with van der Waals surface area (Å²) in [6.45, 7) is -0.0358. The first-order valence-electron chi connectivity index (χ1n) is 3.73. The van der Waals surface area contributed by atoms with E-state index in [4.69, 9.17) is 10.2 Å². The van der Waals surface area contributed by atoms with Gasteiger partial charge in [-0.1, -0.05) is 28.1 Å². The van der Waals surface area contributed by atoms with Gasteiger partial charge in [0.2, 0.25) is 0 Å². The van der Waals surface area contributed by atoms with Crippen LogP contribution < -0.4 is 0 Å². The lowest BCUT2D eigenvalue weighted by Crippen LogP contribution is -2.01. The first-order valence-corrected chi connectivity index (χ1v) is 4.52. The zero-order chi connectivity index (χ0) is 9.84. The summed E-state index contributed by atoms with van der Waals surface area (Å²) < 4.78 is 0.724. The molecular weight excluding hydrogens is 236 g/mol. The molecule has 0 saturated carbocycles. The second-order valence-electron chi connectivity index (χ2n) is 2.65. The molecule has 13 heavy (non-hydrogen) atoms. The second kappa shape index (κ2) is 4.39. The van der Waals surface area contributed by atoms with Gasteiger partial charge in [0.15, 0.2) is 0 Å². The van der Waals surface area contributed by atoms with E-state index in [0.29, 0.717) is 5.56 Å². The number of hydrogen-bond donors (Lipinski definition) is 2. The van der Waals surface area contributed by atoms with Gasteiger partial charge in [0, 0.05) is 4.47 Å². The molecule has 2 N–H and O–H groups in total. The van der Waals surface area contributed by atoms with Crippen LogP contribution in [0.3, 0.4) is 0 Å². The van der Waals surface area contributed by atoms with Gasteiger partial charge in [0.1, 0.15) is 0 Å². The van der Waals surface area contributed by atoms with Crippen molar-refractivity contribution in [3.8, 4) is 0 Å². The van der Waals surface area contributed by atoms with Crippen molar-refractivity contribution in [1.29, 1.82) is 0 Å². The van der Waals surface area contributed by atoms with Gasteiger partial charge in [0.25, 0.3) is 0 Å². The van der Waals surface area contributed by atoms with E-state index in [-0.39, 0.29) is 13.0 Å². The van der Waals surface area contributed by atoms with Crippen molar-refractivity contribution >= 4 is 21.9 Å². The van der Waals surface area contributed by atoms with E-state index >= 15 is 0 Å². The Balaban J connectivity index is 2.91. The smallest absolute Gasteiger partial charge is 0.307 e. The molecule has 70 valence electrons. The molecule has 1 aromatic rings. The van der Waals surface area contributed by atoms with E-state index in [1.54, 1.807) is 18.2 Å². The highest BCUT2D eigenvalue weighted by Crippen LogP contribution is 2.19. The Bertz CT molecular complexity index is 323. The lowest BCUT2D eigenvalue weighted by atomic mass is 10.1. The fourth-order valence-electron chi connectivity index (χ4n) is 0.995. The van der Waals surface area contributed by atoms with Crippen LogP contribution in [-0.4, -0.2) is 16.2 Å². The summed E-state index contributed by atoms with van der Waals surface area (Å²) >= 11 is 3.24. The quantitative estimate of drug-likeness (QED) is 0.849. The number of hydrogen-bond acceptors (Lipinski definition) is 2. The molecule has 4 heteroatoms. The highest BCUT2D eigenvalue weighted by atomic mass is 79.9. The van der Waals surface area contributed by atoms with Crippen molar-refractivity contribution in [3.05, 3.63) is 33.8 Å². The van der Waals surface area contributed by atoms with Crippen molar-refractivity contribution in [1.82, 2.24) is 0 Å². The maximum absolute atomic E-state index is 10.4. The predicted molar refractivity (Wildman–Crippen MR) is 51.4 cm³/mol. The molecule has 1 aromatic carbocycles. The minimum atomic E-state index is -0.863. The van der Waals surface area contributed by atoms with Crippen LogP contribution in [-0.2, 0) is 17.8 Å². The van der Waals surface area contributed by atoms with Crippen LogP contribution in [0.1, 0.15) is 11.1 Å². The number of aliphatic hydroxyl groups is 1. The van der Waals surface area contributed by atoms with Gasteiger partial charge in [-0.2, -0.15) is 0 Å². The molecule has 0 spiro atoms. The van der Waals surface area contributed by atoms with Crippen molar-refractivity contribution in [2.45, 2.75) is 13.0 Å². The Hall–Kier alpha value is -0.870. The molecular formula is C9H9BrO3. The fourth-order valence-corrected chi connectivity index (χ4v) is 1.56. The van der Waals surface area contributed by atoms with Crippen molar-refractivity contribution in [2.75, 3.05) is 0 Å². The van der Waals surface area contributed by atoms with Gasteiger partial charge < -0.3 is 10.2 Å². The second-order valence-corrected chi connectivity index (χ2v) is 3.51. The van der Waals surface area contributed by atoms with Gasteiger partial charge in [-0.15, -0.1) is 0 Å². The van der Waals surface area contributed by atoms with E-state index in [1.165, 1.54) is 0 Å². The number of rotatable bonds is 3. The third kappa shape index (κ3) is 2.82. The standard InChI is InChI=1S/C9H9BrO3/c10-8-3-6(5-11)1-2-7(8)4-9(12)13/h1-3,11H,4-5H2,(H,12,13). The molecule has 0 aliphatic carbocycles. The molecule has 0 atom stereocenters. The minimum absolute atomic E-state index is 0.00765. The van der Waals surface area contributed by atoms with E-state index in [1.807, 2.05) is 0 Å². The van der Waals surface area contributed by atoms with Gasteiger partial charge >= 0.3 is 5.97 Å². The highest BCUT2D eigenvalue weighted by Gasteiger charge is 2.05. The number of aliphatic hydroxyl groups excluding tert-OH is 1. The molecule has 0 fully saturated rings. The molecule has 0 bridgehead atoms. The summed E-state index contributed by atoms with van der Waals surface area (Å²) in [5.74, 6) is -0.863. The first kappa shape index (κ1) is 10.2. The zero-order valence-electron chi connectivity index (χ0n) is 6.83. The summed E-state index contributed by atoms with van der Waals surface area (Å²) in [6, 6.07) is 5.13. The lowest BCUT2D eigenvalue weighted by Gasteiger charge is -2.02. The molecule has 0 aliphatic rings. The van der Waals surface area contributed by atoms with Crippen LogP contribution >= 0.6 is 15.9 Å². The number of carboxylic acid groups (broad SMARTS) is 1. The maximum atomic E-state index is 10.4. The summed E-state index contributed by atoms with van der Waals surface area (Å²) in [7, 11) is 0. The topological polar surface area (TPSA) is 57.5 Å². The number of carboxylic acids is 1. The van der Waals surface area contributed by atoms with Crippen LogP contribution in [0.25, 0.3) is 0 Å². The fraction of sp³-hybridized carbons (Fsp3) is 0.222. The summed E-state index contributed by atoms with van der Waals surface area (Å²) in [6.07, 6.45) is -0.00765. The number of halogens is 1. The van der Waals surface area contributed by atoms with Crippen LogP contribution in [0, 0.1) is 0 Å². The van der Waals surface area contributed by atoms with Gasteiger partial charge in [0.05, 0.1) is 13.0 Å². The molecule has 0 amide bonds. The number of benzene rings is 1. The summed E-state index contributed by atoms with van der Waals surface area (Å²) in [5, 5.41) is 17.3. The average Bonchev–Trinajstić information content (AvgIpc) is 2.08. The normalized spacial score (nSPS) is 10.0. The molecule has 0 aromatic heterocycles. The first-order chi connectivity index (χ1) is 6.13. The SMILES string of the molecule is O=C(O)Cc1ccc(CO)cc1Br. The van der Waals surface area contributed by atoms with Crippen molar-refractivity contribution in [3.63, 3.8) is 0 Å². The Labute approximate surface area is 84.1 Å². The van der Waals surface area contributed by atoms with E-state index < -0.39 is 5.97 Å². The third-order valence-electron chi connectivity index (χ3n) is 1.64. The molecule has 0 saturated heterocycles. The van der Waals surface area contributed by atoms with Crippen molar-refractivity contribution in [2.24, 2.45) is 0 Å². The third-order valence-corrected chi connectivity index (χ3v) is 2.38. The molecule has 0 aliphatic heterocycles. The van der Waals surface area contributed by atoms with Gasteiger partial charge in [-0.3, -0.25) is 4.79 Å². The number of aliphatic carboxylic acids is 1. The highest BCUT2D eigenvalue weighted by molar-refractivity contribution is 9.10. The van der Waals surface area contributed by atoms with Crippen LogP contribution in [0.5, 0.6) is 0 Å². The van der Waals surface area contributed by atoms with Crippen LogP contribution in [0.2, 0.25) is 0 Å². The Morgan fingerprint density at radius 2 is 2.15 bits per heavy atom. The average molecular weight is 245 g/mol. The predicted octanol–water partition coefficient (Wildman–Crippen LogP) is 1.57. The van der Waals surface area contributed by atoms with Crippen molar-refractivity contribution < 1.29 is 15.0 Å². The molecule has 1 rings (SSSR count). The lowest BCUT2D eigenvalue weighted by molar-refractivity contribution is -0.136. The molecule has 3 nitrogen and oxygen atoms in total. The summed E-state index contributed by atoms with van der Waals surface area (Å²) in [4.78, 5) is 10.4. The van der Waals surface area contributed by atoms with Gasteiger partial charge in [-0.05, 0) is 17.2 Å². The maximum Gasteiger partial charge on any atom is 0.307 e. The van der Waals surface area contributed by atoms with E-state index in [9.17, 15) is 4.79 Å². The molecule has 0 unspecified atom stereocenters. The number of carbonyl (C=O) groups is 1. The molecule has 0 heterocycles. The van der Waals surface area contributed by atoms with Crippen LogP contribution in [0.4, 0.5) is 0 Å². The Morgan fingerprint density at radius 3 is 2.62 bits per heavy atom. The largest absolute Gasteiger partial charge is 0.481 e. The minimum Gasteiger partial charge on any atom is -0.481 e. The molecule has 0 radical (unpaired) electrons. The van der Waals surface area contributed by atoms with Crippen LogP contribution in [0.15, 0.2) is 22.7 Å². The Kier molecular flexibility index (Phi) is 3.45. The summed E-state index contributed by atoms with van der Waals surface area (Å²) in [5.41, 5.74) is 1.48. The zero-order valence-corrected chi connectivity index (χ0v) is 8.41. The van der Waals surface area contributed by atoms with E-state index in [2.05, 4.69) is 15.9 Å². The van der Waals surface area contributed by atoms with Gasteiger partial charge in [-0.25, -0.2) is 0 Å². The van der Waals surface area contributed by atoms with E-state index in [0.717, 1.165) is 10.0 Å². The monoisotopic (exact) mass is 244 g/mol.